The number of phenolic OH excluding ortho intramolecular Hbond substituents is 1. The van der Waals surface area contributed by atoms with E-state index in [1.54, 1.807) is 24.3 Å². The van der Waals surface area contributed by atoms with Gasteiger partial charge in [0.05, 0.1) is 0 Å². The molecule has 0 saturated heterocycles. The van der Waals surface area contributed by atoms with Crippen LogP contribution in [-0.4, -0.2) is 15.9 Å². The molecule has 1 aromatic carbocycles. The summed E-state index contributed by atoms with van der Waals surface area (Å²) in [5.41, 5.74) is 1.31. The van der Waals surface area contributed by atoms with E-state index < -0.39 is 0 Å². The average Bonchev–Trinajstić information content (AvgIpc) is 2.70. The van der Waals surface area contributed by atoms with Gasteiger partial charge in [-0.25, -0.2) is 4.98 Å². The number of Topliss-reactive ketones (excluding diaryl/α,β-unsaturated/α-hetero) is 1. The zero-order valence-corrected chi connectivity index (χ0v) is 8.80. The fourth-order valence-corrected chi connectivity index (χ4v) is 1.34. The van der Waals surface area contributed by atoms with Crippen molar-refractivity contribution in [3.63, 3.8) is 0 Å². The van der Waals surface area contributed by atoms with Gasteiger partial charge in [0.1, 0.15) is 17.7 Å². The molecule has 1 heterocycles. The lowest BCUT2D eigenvalue weighted by Crippen LogP contribution is -1.93. The third-order valence-corrected chi connectivity index (χ3v) is 2.20. The summed E-state index contributed by atoms with van der Waals surface area (Å²) in [5.74, 6) is 0.608. The van der Waals surface area contributed by atoms with Crippen molar-refractivity contribution >= 4 is 5.78 Å². The van der Waals surface area contributed by atoms with E-state index in [0.29, 0.717) is 18.0 Å². The standard InChI is InChI=1S/C12H11NO3/c1-8(14)11-7-16-12(13-11)6-9-2-4-10(15)5-3-9/h2-5,7,15H,6H2,1H3. The van der Waals surface area contributed by atoms with Gasteiger partial charge < -0.3 is 9.52 Å². The molecule has 1 aromatic heterocycles. The quantitative estimate of drug-likeness (QED) is 0.800. The van der Waals surface area contributed by atoms with Crippen LogP contribution in [-0.2, 0) is 6.42 Å². The molecule has 0 spiro atoms. The highest BCUT2D eigenvalue weighted by molar-refractivity contribution is 5.91. The summed E-state index contributed by atoms with van der Waals surface area (Å²) < 4.78 is 5.17. The molecule has 1 N–H and O–H groups in total. The first-order chi connectivity index (χ1) is 7.65. The lowest BCUT2D eigenvalue weighted by molar-refractivity contribution is 0.101. The number of aromatic nitrogens is 1. The molecule has 4 heteroatoms. The number of oxazole rings is 1. The zero-order valence-electron chi connectivity index (χ0n) is 8.80. The van der Waals surface area contributed by atoms with Crippen LogP contribution in [0.4, 0.5) is 0 Å². The number of aromatic hydroxyl groups is 1. The molecular formula is C12H11NO3. The molecule has 0 amide bonds. The lowest BCUT2D eigenvalue weighted by atomic mass is 10.1. The van der Waals surface area contributed by atoms with Gasteiger partial charge in [0.2, 0.25) is 0 Å². The van der Waals surface area contributed by atoms with E-state index in [-0.39, 0.29) is 11.5 Å². The summed E-state index contributed by atoms with van der Waals surface area (Å²) in [6.45, 7) is 1.45. The van der Waals surface area contributed by atoms with Crippen molar-refractivity contribution in [2.45, 2.75) is 13.3 Å². The van der Waals surface area contributed by atoms with Crippen molar-refractivity contribution in [3.05, 3.63) is 47.7 Å². The Morgan fingerprint density at radius 3 is 2.62 bits per heavy atom. The highest BCUT2D eigenvalue weighted by atomic mass is 16.3. The van der Waals surface area contributed by atoms with Gasteiger partial charge >= 0.3 is 0 Å². The Bertz CT molecular complexity index is 499. The van der Waals surface area contributed by atoms with Crippen LogP contribution in [0.1, 0.15) is 28.9 Å². The molecule has 0 unspecified atom stereocenters. The predicted molar refractivity (Wildman–Crippen MR) is 57.4 cm³/mol. The molecule has 0 atom stereocenters. The summed E-state index contributed by atoms with van der Waals surface area (Å²) in [5, 5.41) is 9.12. The molecule has 4 nitrogen and oxygen atoms in total. The third kappa shape index (κ3) is 2.28. The molecule has 0 bridgehead atoms. The number of carbonyl (C=O) groups is 1. The summed E-state index contributed by atoms with van der Waals surface area (Å²) in [7, 11) is 0. The number of nitrogens with zero attached hydrogens (tertiary/aromatic N) is 1. The first kappa shape index (κ1) is 10.4. The minimum absolute atomic E-state index is 0.110. The summed E-state index contributed by atoms with van der Waals surface area (Å²) >= 11 is 0. The lowest BCUT2D eigenvalue weighted by Gasteiger charge is -1.97. The molecule has 82 valence electrons. The van der Waals surface area contributed by atoms with Gasteiger partial charge in [-0.1, -0.05) is 12.1 Å². The van der Waals surface area contributed by atoms with Crippen LogP contribution in [0.5, 0.6) is 5.75 Å². The van der Waals surface area contributed by atoms with Crippen LogP contribution in [0.3, 0.4) is 0 Å². The Morgan fingerprint density at radius 1 is 1.38 bits per heavy atom. The molecule has 0 aliphatic carbocycles. The van der Waals surface area contributed by atoms with Crippen LogP contribution < -0.4 is 0 Å². The van der Waals surface area contributed by atoms with E-state index in [4.69, 9.17) is 9.52 Å². The number of carbonyl (C=O) groups excluding carboxylic acids is 1. The van der Waals surface area contributed by atoms with Crippen molar-refractivity contribution in [3.8, 4) is 5.75 Å². The number of hydrogen-bond acceptors (Lipinski definition) is 4. The number of benzene rings is 1. The largest absolute Gasteiger partial charge is 0.508 e. The summed E-state index contributed by atoms with van der Waals surface area (Å²) in [4.78, 5) is 15.0. The molecule has 0 fully saturated rings. The van der Waals surface area contributed by atoms with Crippen molar-refractivity contribution in [2.75, 3.05) is 0 Å². The van der Waals surface area contributed by atoms with Crippen molar-refractivity contribution in [2.24, 2.45) is 0 Å². The van der Waals surface area contributed by atoms with Gasteiger partial charge in [0.15, 0.2) is 11.7 Å². The van der Waals surface area contributed by atoms with E-state index in [2.05, 4.69) is 4.98 Å². The van der Waals surface area contributed by atoms with Gasteiger partial charge in [0.25, 0.3) is 0 Å². The first-order valence-corrected chi connectivity index (χ1v) is 4.88. The number of phenols is 1. The molecule has 2 rings (SSSR count). The molecule has 0 saturated carbocycles. The Balaban J connectivity index is 2.14. The van der Waals surface area contributed by atoms with Crippen LogP contribution in [0, 0.1) is 0 Å². The second kappa shape index (κ2) is 4.18. The highest BCUT2D eigenvalue weighted by Crippen LogP contribution is 2.13. The Labute approximate surface area is 92.6 Å². The van der Waals surface area contributed by atoms with Crippen LogP contribution in [0.25, 0.3) is 0 Å². The second-order valence-electron chi connectivity index (χ2n) is 3.53. The van der Waals surface area contributed by atoms with Gasteiger partial charge in [-0.15, -0.1) is 0 Å². The molecule has 0 radical (unpaired) electrons. The Hall–Kier alpha value is -2.10. The smallest absolute Gasteiger partial charge is 0.199 e. The van der Waals surface area contributed by atoms with Crippen LogP contribution in [0.2, 0.25) is 0 Å². The molecular weight excluding hydrogens is 206 g/mol. The van der Waals surface area contributed by atoms with E-state index >= 15 is 0 Å². The topological polar surface area (TPSA) is 63.3 Å². The van der Waals surface area contributed by atoms with Crippen LogP contribution in [0.15, 0.2) is 34.9 Å². The maximum absolute atomic E-state index is 11.0. The zero-order chi connectivity index (χ0) is 11.5. The fraction of sp³-hybridized carbons (Fsp3) is 0.167. The van der Waals surface area contributed by atoms with Crippen molar-refractivity contribution < 1.29 is 14.3 Å². The second-order valence-corrected chi connectivity index (χ2v) is 3.53. The van der Waals surface area contributed by atoms with Crippen molar-refractivity contribution in [1.82, 2.24) is 4.98 Å². The van der Waals surface area contributed by atoms with Crippen molar-refractivity contribution in [1.29, 1.82) is 0 Å². The number of hydrogen-bond donors (Lipinski definition) is 1. The van der Waals surface area contributed by atoms with Gasteiger partial charge in [0, 0.05) is 13.3 Å². The van der Waals surface area contributed by atoms with Gasteiger partial charge in [-0.2, -0.15) is 0 Å². The minimum atomic E-state index is -0.110. The van der Waals surface area contributed by atoms with E-state index in [1.807, 2.05) is 0 Å². The Morgan fingerprint density at radius 2 is 2.06 bits per heavy atom. The maximum atomic E-state index is 11.0. The van der Waals surface area contributed by atoms with Crippen LogP contribution >= 0.6 is 0 Å². The fourth-order valence-electron chi connectivity index (χ4n) is 1.34. The van der Waals surface area contributed by atoms with E-state index in [0.717, 1.165) is 5.56 Å². The molecule has 0 aliphatic rings. The third-order valence-electron chi connectivity index (χ3n) is 2.20. The monoisotopic (exact) mass is 217 g/mol. The van der Waals surface area contributed by atoms with Gasteiger partial charge in [-0.05, 0) is 17.7 Å². The van der Waals surface area contributed by atoms with E-state index in [9.17, 15) is 4.79 Å². The Kier molecular flexibility index (Phi) is 2.72. The number of rotatable bonds is 3. The average molecular weight is 217 g/mol. The maximum Gasteiger partial charge on any atom is 0.199 e. The highest BCUT2D eigenvalue weighted by Gasteiger charge is 2.08. The molecule has 16 heavy (non-hydrogen) atoms. The minimum Gasteiger partial charge on any atom is -0.508 e. The summed E-state index contributed by atoms with van der Waals surface area (Å²) in [6, 6.07) is 6.77. The first-order valence-electron chi connectivity index (χ1n) is 4.88. The molecule has 0 aliphatic heterocycles. The van der Waals surface area contributed by atoms with E-state index in [1.165, 1.54) is 13.2 Å². The molecule has 2 aromatic rings. The number of ketones is 1. The summed E-state index contributed by atoms with van der Waals surface area (Å²) in [6.07, 6.45) is 1.87. The SMILES string of the molecule is CC(=O)c1coc(Cc2ccc(O)cc2)n1. The predicted octanol–water partition coefficient (Wildman–Crippen LogP) is 2.17. The normalized spacial score (nSPS) is 10.3. The van der Waals surface area contributed by atoms with Gasteiger partial charge in [-0.3, -0.25) is 4.79 Å².